The number of aliphatic carboxylic acids is 1. The molecule has 102 valence electrons. The van der Waals surface area contributed by atoms with Crippen molar-refractivity contribution in [2.24, 2.45) is 0 Å². The number of halogens is 1. The van der Waals surface area contributed by atoms with E-state index in [1.54, 1.807) is 0 Å². The van der Waals surface area contributed by atoms with Crippen LogP contribution in [0.4, 0.5) is 4.39 Å². The Kier molecular flexibility index (Phi) is 5.20. The summed E-state index contributed by atoms with van der Waals surface area (Å²) in [6.45, 7) is -0.0950. The second-order valence-corrected chi connectivity index (χ2v) is 3.86. The Morgan fingerprint density at radius 2 is 2.11 bits per heavy atom. The molecule has 0 heterocycles. The highest BCUT2D eigenvalue weighted by molar-refractivity contribution is 5.94. The normalized spacial score (nSPS) is 10.7. The van der Waals surface area contributed by atoms with E-state index in [2.05, 4.69) is 0 Å². The number of carbonyl (C=O) groups excluding carboxylic acids is 1. The molecule has 1 aromatic rings. The van der Waals surface area contributed by atoms with Gasteiger partial charge in [-0.1, -0.05) is 6.07 Å². The van der Waals surface area contributed by atoms with Gasteiger partial charge in [0.05, 0.1) is 12.2 Å². The zero-order chi connectivity index (χ0) is 14.4. The first kappa shape index (κ1) is 14.8. The van der Waals surface area contributed by atoms with Crippen LogP contribution in [0, 0.1) is 5.82 Å². The van der Waals surface area contributed by atoms with E-state index in [0.717, 1.165) is 12.1 Å². The number of aliphatic hydroxyl groups excluding tert-OH is 1. The van der Waals surface area contributed by atoms with Gasteiger partial charge in [-0.05, 0) is 23.8 Å². The molecule has 0 aliphatic rings. The Hall–Kier alpha value is -2.21. The van der Waals surface area contributed by atoms with Gasteiger partial charge in [0.15, 0.2) is 0 Å². The smallest absolute Gasteiger partial charge is 0.328 e. The molecule has 0 atom stereocenters. The van der Waals surface area contributed by atoms with Crippen molar-refractivity contribution in [1.82, 2.24) is 4.90 Å². The van der Waals surface area contributed by atoms with Gasteiger partial charge in [-0.3, -0.25) is 4.79 Å². The van der Waals surface area contributed by atoms with E-state index >= 15 is 0 Å². The zero-order valence-electron chi connectivity index (χ0n) is 10.3. The largest absolute Gasteiger partial charge is 0.478 e. The second-order valence-electron chi connectivity index (χ2n) is 3.86. The quantitative estimate of drug-likeness (QED) is 0.780. The minimum atomic E-state index is -1.14. The van der Waals surface area contributed by atoms with Gasteiger partial charge in [-0.15, -0.1) is 0 Å². The second kappa shape index (κ2) is 6.65. The van der Waals surface area contributed by atoms with Crippen molar-refractivity contribution in [3.8, 4) is 0 Å². The first-order valence-electron chi connectivity index (χ1n) is 5.52. The van der Waals surface area contributed by atoms with E-state index in [-0.39, 0.29) is 18.7 Å². The van der Waals surface area contributed by atoms with Crippen molar-refractivity contribution in [1.29, 1.82) is 0 Å². The minimum Gasteiger partial charge on any atom is -0.478 e. The Labute approximate surface area is 109 Å². The average Bonchev–Trinajstić information content (AvgIpc) is 2.36. The van der Waals surface area contributed by atoms with Crippen LogP contribution < -0.4 is 0 Å². The molecule has 5 nitrogen and oxygen atoms in total. The molecular weight excluding hydrogens is 253 g/mol. The van der Waals surface area contributed by atoms with Gasteiger partial charge in [0.2, 0.25) is 0 Å². The molecular formula is C13H14FNO4. The van der Waals surface area contributed by atoms with Gasteiger partial charge in [-0.2, -0.15) is 0 Å². The molecule has 6 heteroatoms. The number of nitrogens with zero attached hydrogens (tertiary/aromatic N) is 1. The molecule has 1 rings (SSSR count). The summed E-state index contributed by atoms with van der Waals surface area (Å²) in [6.07, 6.45) is 2.12. The van der Waals surface area contributed by atoms with E-state index in [4.69, 9.17) is 10.2 Å². The Morgan fingerprint density at radius 3 is 2.63 bits per heavy atom. The summed E-state index contributed by atoms with van der Waals surface area (Å²) in [5, 5.41) is 17.2. The summed E-state index contributed by atoms with van der Waals surface area (Å²) in [5.74, 6) is -2.41. The van der Waals surface area contributed by atoms with Crippen LogP contribution in [0.25, 0.3) is 6.08 Å². The lowest BCUT2D eigenvalue weighted by molar-refractivity contribution is -0.131. The van der Waals surface area contributed by atoms with Gasteiger partial charge in [0.25, 0.3) is 5.91 Å². The number of aliphatic hydroxyl groups is 1. The molecule has 19 heavy (non-hydrogen) atoms. The van der Waals surface area contributed by atoms with Gasteiger partial charge in [0.1, 0.15) is 5.82 Å². The van der Waals surface area contributed by atoms with Crippen molar-refractivity contribution in [2.75, 3.05) is 20.2 Å². The summed E-state index contributed by atoms with van der Waals surface area (Å²) in [4.78, 5) is 23.3. The lowest BCUT2D eigenvalue weighted by Gasteiger charge is -2.16. The molecule has 2 N–H and O–H groups in total. The van der Waals surface area contributed by atoms with Crippen LogP contribution in [0.2, 0.25) is 0 Å². The van der Waals surface area contributed by atoms with Crippen LogP contribution in [-0.2, 0) is 4.79 Å². The average molecular weight is 267 g/mol. The molecule has 0 radical (unpaired) electrons. The molecule has 0 spiro atoms. The Morgan fingerprint density at radius 1 is 1.42 bits per heavy atom. The molecule has 0 unspecified atom stereocenters. The molecule has 0 saturated carbocycles. The topological polar surface area (TPSA) is 77.8 Å². The van der Waals surface area contributed by atoms with Gasteiger partial charge < -0.3 is 15.1 Å². The lowest BCUT2D eigenvalue weighted by Crippen LogP contribution is -2.30. The monoisotopic (exact) mass is 267 g/mol. The molecule has 0 aliphatic heterocycles. The fourth-order valence-corrected chi connectivity index (χ4v) is 1.43. The highest BCUT2D eigenvalue weighted by atomic mass is 19.1. The maximum absolute atomic E-state index is 13.7. The van der Waals surface area contributed by atoms with Gasteiger partial charge in [-0.25, -0.2) is 9.18 Å². The van der Waals surface area contributed by atoms with Crippen LogP contribution in [-0.4, -0.2) is 47.2 Å². The van der Waals surface area contributed by atoms with Crippen LogP contribution in [0.5, 0.6) is 0 Å². The summed E-state index contributed by atoms with van der Waals surface area (Å²) in [6, 6.07) is 3.81. The van der Waals surface area contributed by atoms with E-state index in [9.17, 15) is 14.0 Å². The number of rotatable bonds is 5. The highest BCUT2D eigenvalue weighted by Gasteiger charge is 2.15. The minimum absolute atomic E-state index is 0.110. The molecule has 0 bridgehead atoms. The molecule has 0 fully saturated rings. The predicted octanol–water partition coefficient (Wildman–Crippen LogP) is 0.988. The fourth-order valence-electron chi connectivity index (χ4n) is 1.43. The zero-order valence-corrected chi connectivity index (χ0v) is 10.3. The fraction of sp³-hybridized carbons (Fsp3) is 0.231. The van der Waals surface area contributed by atoms with Crippen molar-refractivity contribution in [2.45, 2.75) is 0 Å². The van der Waals surface area contributed by atoms with Crippen molar-refractivity contribution in [3.63, 3.8) is 0 Å². The standard InChI is InChI=1S/C13H14FNO4/c1-15(6-7-16)13(19)10-4-2-9(8-11(10)14)3-5-12(17)18/h2-5,8,16H,6-7H2,1H3,(H,17,18)/b5-3+. The number of likely N-dealkylation sites (N-methyl/N-ethyl adjacent to an activating group) is 1. The summed E-state index contributed by atoms with van der Waals surface area (Å²) < 4.78 is 13.7. The number of carbonyl (C=O) groups is 2. The third-order valence-corrected chi connectivity index (χ3v) is 2.42. The Bertz CT molecular complexity index is 513. The van der Waals surface area contributed by atoms with Gasteiger partial charge >= 0.3 is 5.97 Å². The maximum Gasteiger partial charge on any atom is 0.328 e. The molecule has 0 aromatic heterocycles. The summed E-state index contributed by atoms with van der Waals surface area (Å²) >= 11 is 0. The Balaban J connectivity index is 2.94. The number of hydrogen-bond donors (Lipinski definition) is 2. The predicted molar refractivity (Wildman–Crippen MR) is 67.1 cm³/mol. The number of amides is 1. The molecule has 0 saturated heterocycles. The van der Waals surface area contributed by atoms with Crippen LogP contribution in [0.15, 0.2) is 24.3 Å². The van der Waals surface area contributed by atoms with Crippen molar-refractivity contribution < 1.29 is 24.2 Å². The van der Waals surface area contributed by atoms with Crippen molar-refractivity contribution >= 4 is 18.0 Å². The first-order valence-corrected chi connectivity index (χ1v) is 5.52. The van der Waals surface area contributed by atoms with E-state index in [0.29, 0.717) is 5.56 Å². The van der Waals surface area contributed by atoms with E-state index < -0.39 is 17.7 Å². The van der Waals surface area contributed by atoms with Crippen LogP contribution in [0.3, 0.4) is 0 Å². The van der Waals surface area contributed by atoms with E-state index in [1.165, 1.54) is 30.2 Å². The summed E-state index contributed by atoms with van der Waals surface area (Å²) in [5.41, 5.74) is 0.227. The lowest BCUT2D eigenvalue weighted by atomic mass is 10.1. The number of carboxylic acid groups (broad SMARTS) is 1. The van der Waals surface area contributed by atoms with Gasteiger partial charge in [0, 0.05) is 19.7 Å². The van der Waals surface area contributed by atoms with Crippen LogP contribution >= 0.6 is 0 Å². The summed E-state index contributed by atoms with van der Waals surface area (Å²) in [7, 11) is 1.45. The first-order chi connectivity index (χ1) is 8.95. The van der Waals surface area contributed by atoms with Crippen molar-refractivity contribution in [3.05, 3.63) is 41.2 Å². The molecule has 1 aromatic carbocycles. The highest BCUT2D eigenvalue weighted by Crippen LogP contribution is 2.13. The number of benzene rings is 1. The molecule has 0 aliphatic carbocycles. The van der Waals surface area contributed by atoms with Crippen LogP contribution in [0.1, 0.15) is 15.9 Å². The van der Waals surface area contributed by atoms with E-state index in [1.807, 2.05) is 0 Å². The molecule has 1 amide bonds. The maximum atomic E-state index is 13.7. The number of carboxylic acids is 1. The number of hydrogen-bond acceptors (Lipinski definition) is 3. The SMILES string of the molecule is CN(CCO)C(=O)c1ccc(/C=C/C(=O)O)cc1F. The third kappa shape index (κ3) is 4.18. The third-order valence-electron chi connectivity index (χ3n) is 2.42.